The minimum atomic E-state index is -0.556. The number of aromatic nitrogens is 6. The maximum atomic E-state index is 13.3. The van der Waals surface area contributed by atoms with Gasteiger partial charge in [-0.1, -0.05) is 12.1 Å². The number of carbonyl (C=O) groups excluding carboxylic acids is 1. The average molecular weight is 410 g/mol. The van der Waals surface area contributed by atoms with Crippen molar-refractivity contribution in [1.29, 1.82) is 0 Å². The third-order valence-electron chi connectivity index (χ3n) is 4.89. The molecule has 31 heavy (non-hydrogen) atoms. The van der Waals surface area contributed by atoms with Gasteiger partial charge in [-0.25, -0.2) is 9.67 Å². The molecule has 152 valence electrons. The highest BCUT2D eigenvalue weighted by atomic mass is 16.1. The Bertz CT molecular complexity index is 1250. The molecule has 0 aromatic carbocycles. The second-order valence-corrected chi connectivity index (χ2v) is 6.94. The van der Waals surface area contributed by atoms with E-state index in [9.17, 15) is 4.79 Å². The van der Waals surface area contributed by atoms with Gasteiger partial charge in [0, 0.05) is 36.0 Å². The number of rotatable bonds is 4. The lowest BCUT2D eigenvalue weighted by atomic mass is 9.99. The minimum absolute atomic E-state index is 0.288. The van der Waals surface area contributed by atoms with Crippen LogP contribution in [0.1, 0.15) is 18.7 Å². The molecule has 0 spiro atoms. The number of carbonyl (C=O) groups is 1. The fraction of sp³-hybridized carbons (Fsp3) is 0.0909. The maximum absolute atomic E-state index is 13.3. The molecule has 0 fully saturated rings. The third kappa shape index (κ3) is 3.52. The van der Waals surface area contributed by atoms with Crippen LogP contribution in [0, 0.1) is 0 Å². The highest BCUT2D eigenvalue weighted by Gasteiger charge is 2.35. The molecule has 1 unspecified atom stereocenters. The number of hydrogen-bond donors (Lipinski definition) is 2. The molecule has 5 rings (SSSR count). The van der Waals surface area contributed by atoms with Gasteiger partial charge in [-0.2, -0.15) is 4.98 Å². The number of pyridine rings is 3. The van der Waals surface area contributed by atoms with Gasteiger partial charge in [0.2, 0.25) is 5.95 Å². The Hall–Kier alpha value is -4.40. The molecule has 9 heteroatoms. The molecule has 9 nitrogen and oxygen atoms in total. The van der Waals surface area contributed by atoms with Crippen LogP contribution in [0.25, 0.3) is 11.4 Å². The molecule has 1 aliphatic heterocycles. The van der Waals surface area contributed by atoms with Crippen molar-refractivity contribution in [2.24, 2.45) is 0 Å². The SMILES string of the molecule is CC1=C(C(=O)Nc2ccccn2)C(c2ccccn2)n2nc(-c3cccnc3)nc2N1. The van der Waals surface area contributed by atoms with Gasteiger partial charge < -0.3 is 10.6 Å². The number of hydrogen-bond acceptors (Lipinski definition) is 7. The van der Waals surface area contributed by atoms with Gasteiger partial charge >= 0.3 is 0 Å². The summed E-state index contributed by atoms with van der Waals surface area (Å²) in [6, 6.07) is 14.1. The zero-order chi connectivity index (χ0) is 21.2. The van der Waals surface area contributed by atoms with Crippen LogP contribution in [0.2, 0.25) is 0 Å². The Morgan fingerprint density at radius 3 is 2.58 bits per heavy atom. The normalized spacial score (nSPS) is 15.2. The molecular weight excluding hydrogens is 392 g/mol. The molecule has 4 aromatic heterocycles. The van der Waals surface area contributed by atoms with E-state index >= 15 is 0 Å². The molecule has 0 saturated heterocycles. The van der Waals surface area contributed by atoms with Crippen LogP contribution in [0.15, 0.2) is 84.6 Å². The molecular formula is C22H18N8O. The molecule has 1 aliphatic rings. The quantitative estimate of drug-likeness (QED) is 0.532. The number of fused-ring (bicyclic) bond motifs is 1. The molecule has 2 N–H and O–H groups in total. The molecule has 5 heterocycles. The highest BCUT2D eigenvalue weighted by molar-refractivity contribution is 6.05. The van der Waals surface area contributed by atoms with E-state index in [1.807, 2.05) is 43.3 Å². The minimum Gasteiger partial charge on any atom is -0.328 e. The van der Waals surface area contributed by atoms with Crippen molar-refractivity contribution >= 4 is 17.7 Å². The summed E-state index contributed by atoms with van der Waals surface area (Å²) in [5.74, 6) is 1.22. The molecule has 0 aliphatic carbocycles. The monoisotopic (exact) mass is 410 g/mol. The van der Waals surface area contributed by atoms with Crippen molar-refractivity contribution in [1.82, 2.24) is 29.7 Å². The fourth-order valence-electron chi connectivity index (χ4n) is 3.49. The average Bonchev–Trinajstić information content (AvgIpc) is 3.23. The van der Waals surface area contributed by atoms with Crippen LogP contribution < -0.4 is 10.6 Å². The zero-order valence-electron chi connectivity index (χ0n) is 16.6. The lowest BCUT2D eigenvalue weighted by molar-refractivity contribution is -0.113. The molecule has 0 radical (unpaired) electrons. The third-order valence-corrected chi connectivity index (χ3v) is 4.89. The Balaban J connectivity index is 1.60. The zero-order valence-corrected chi connectivity index (χ0v) is 16.6. The van der Waals surface area contributed by atoms with Gasteiger partial charge in [-0.3, -0.25) is 14.8 Å². The summed E-state index contributed by atoms with van der Waals surface area (Å²) in [6.07, 6.45) is 6.72. The van der Waals surface area contributed by atoms with E-state index in [0.717, 1.165) is 5.56 Å². The molecule has 1 atom stereocenters. The first-order valence-corrected chi connectivity index (χ1v) is 9.69. The maximum Gasteiger partial charge on any atom is 0.257 e. The van der Waals surface area contributed by atoms with E-state index in [1.165, 1.54) is 0 Å². The first kappa shape index (κ1) is 18.6. The van der Waals surface area contributed by atoms with Crippen molar-refractivity contribution in [2.45, 2.75) is 13.0 Å². The van der Waals surface area contributed by atoms with Gasteiger partial charge in [0.1, 0.15) is 11.9 Å². The predicted molar refractivity (Wildman–Crippen MR) is 115 cm³/mol. The summed E-state index contributed by atoms with van der Waals surface area (Å²) < 4.78 is 1.69. The lowest BCUT2D eigenvalue weighted by Crippen LogP contribution is -2.32. The first-order chi connectivity index (χ1) is 15.2. The number of amides is 1. The van der Waals surface area contributed by atoms with Gasteiger partial charge in [-0.15, -0.1) is 5.10 Å². The lowest BCUT2D eigenvalue weighted by Gasteiger charge is -2.27. The first-order valence-electron chi connectivity index (χ1n) is 9.69. The number of nitrogens with one attached hydrogen (secondary N) is 2. The van der Waals surface area contributed by atoms with E-state index in [2.05, 4.69) is 35.7 Å². The number of anilines is 2. The Morgan fingerprint density at radius 1 is 1.03 bits per heavy atom. The van der Waals surface area contributed by atoms with Crippen molar-refractivity contribution in [3.05, 3.63) is 90.3 Å². The summed E-state index contributed by atoms with van der Waals surface area (Å²) in [5.41, 5.74) is 2.61. The Labute approximate surface area is 177 Å². The number of nitrogens with zero attached hydrogens (tertiary/aromatic N) is 6. The van der Waals surface area contributed by atoms with E-state index in [0.29, 0.717) is 34.6 Å². The standard InChI is InChI=1S/C22H18N8O/c1-14-18(21(31)27-17-9-3-5-12-25-17)19(16-8-2-4-11-24-16)30-22(26-14)28-20(29-30)15-7-6-10-23-13-15/h2-13,19H,1H3,(H,25,27,31)(H,26,28,29). The summed E-state index contributed by atoms with van der Waals surface area (Å²) in [4.78, 5) is 30.8. The second-order valence-electron chi connectivity index (χ2n) is 6.94. The Morgan fingerprint density at radius 2 is 1.87 bits per heavy atom. The van der Waals surface area contributed by atoms with E-state index in [1.54, 1.807) is 41.6 Å². The van der Waals surface area contributed by atoms with Crippen LogP contribution >= 0.6 is 0 Å². The Kier molecular flexibility index (Phi) is 4.68. The highest BCUT2D eigenvalue weighted by Crippen LogP contribution is 2.35. The van der Waals surface area contributed by atoms with Gasteiger partial charge in [-0.05, 0) is 43.3 Å². The van der Waals surface area contributed by atoms with Crippen LogP contribution in [0.3, 0.4) is 0 Å². The summed E-state index contributed by atoms with van der Waals surface area (Å²) in [7, 11) is 0. The predicted octanol–water partition coefficient (Wildman–Crippen LogP) is 3.06. The molecule has 0 saturated carbocycles. The van der Waals surface area contributed by atoms with Gasteiger partial charge in [0.25, 0.3) is 5.91 Å². The van der Waals surface area contributed by atoms with Crippen LogP contribution in [0.4, 0.5) is 11.8 Å². The second kappa shape index (κ2) is 7.79. The largest absolute Gasteiger partial charge is 0.328 e. The topological polar surface area (TPSA) is 111 Å². The smallest absolute Gasteiger partial charge is 0.257 e. The summed E-state index contributed by atoms with van der Waals surface area (Å²) in [5, 5.41) is 10.8. The summed E-state index contributed by atoms with van der Waals surface area (Å²) in [6.45, 7) is 1.84. The van der Waals surface area contributed by atoms with Crippen LogP contribution in [0.5, 0.6) is 0 Å². The van der Waals surface area contributed by atoms with Gasteiger partial charge in [0.05, 0.1) is 11.3 Å². The molecule has 4 aromatic rings. The summed E-state index contributed by atoms with van der Waals surface area (Å²) >= 11 is 0. The van der Waals surface area contributed by atoms with Crippen molar-refractivity contribution in [2.75, 3.05) is 10.6 Å². The number of allylic oxidation sites excluding steroid dienone is 1. The van der Waals surface area contributed by atoms with Gasteiger partial charge in [0.15, 0.2) is 5.82 Å². The van der Waals surface area contributed by atoms with E-state index < -0.39 is 6.04 Å². The molecule has 0 bridgehead atoms. The van der Waals surface area contributed by atoms with Crippen LogP contribution in [-0.2, 0) is 4.79 Å². The van der Waals surface area contributed by atoms with Crippen molar-refractivity contribution in [3.8, 4) is 11.4 Å². The fourth-order valence-corrected chi connectivity index (χ4v) is 3.49. The molecule has 1 amide bonds. The van der Waals surface area contributed by atoms with Crippen molar-refractivity contribution in [3.63, 3.8) is 0 Å². The van der Waals surface area contributed by atoms with E-state index in [4.69, 9.17) is 0 Å². The van der Waals surface area contributed by atoms with Crippen LogP contribution in [-0.4, -0.2) is 35.6 Å². The van der Waals surface area contributed by atoms with E-state index in [-0.39, 0.29) is 5.91 Å². The van der Waals surface area contributed by atoms with Crippen molar-refractivity contribution < 1.29 is 4.79 Å².